The van der Waals surface area contributed by atoms with Crippen molar-refractivity contribution in [3.8, 4) is 0 Å². The Morgan fingerprint density at radius 2 is 1.60 bits per heavy atom. The topological polar surface area (TPSA) is 26.0 Å². The average Bonchev–Trinajstić information content (AvgIpc) is 1.46. The highest BCUT2D eigenvalue weighted by atomic mass is 14.5. The second-order valence-corrected chi connectivity index (χ2v) is 0.408. The summed E-state index contributed by atoms with van der Waals surface area (Å²) in [6.07, 6.45) is 0. The van der Waals surface area contributed by atoms with E-state index in [4.69, 9.17) is 5.73 Å². The van der Waals surface area contributed by atoms with Gasteiger partial charge in [-0.15, -0.1) is 13.2 Å². The van der Waals surface area contributed by atoms with Gasteiger partial charge >= 0.3 is 0 Å². The van der Waals surface area contributed by atoms with Crippen LogP contribution in [0.15, 0.2) is 13.2 Å². The number of hydrogen-bond donors (Lipinski definition) is 1. The number of rotatable bonds is 0. The summed E-state index contributed by atoms with van der Waals surface area (Å²) in [5.74, 6) is 0. The molecule has 0 saturated heterocycles. The van der Waals surface area contributed by atoms with Gasteiger partial charge in [0.15, 0.2) is 0 Å². The third-order valence-corrected chi connectivity index (χ3v) is 0. The summed E-state index contributed by atoms with van der Waals surface area (Å²) in [6.45, 7) is 8.65. The monoisotopic (exact) mass is 73.1 g/mol. The van der Waals surface area contributed by atoms with Gasteiger partial charge in [-0.25, -0.2) is 0 Å². The van der Waals surface area contributed by atoms with E-state index in [-0.39, 0.29) is 0 Å². The van der Waals surface area contributed by atoms with E-state index in [1.807, 2.05) is 6.92 Å². The molecule has 1 heteroatoms. The van der Waals surface area contributed by atoms with Crippen LogP contribution in [0.4, 0.5) is 0 Å². The maximum atomic E-state index is 4.85. The van der Waals surface area contributed by atoms with E-state index in [1.54, 1.807) is 0 Å². The molecular formula is C4H11N. The first kappa shape index (κ1) is 8.83. The molecule has 0 aliphatic carbocycles. The second kappa shape index (κ2) is 55.0. The van der Waals surface area contributed by atoms with Crippen molar-refractivity contribution >= 4 is 0 Å². The second-order valence-electron chi connectivity index (χ2n) is 0.408. The predicted molar refractivity (Wildman–Crippen MR) is 26.0 cm³/mol. The van der Waals surface area contributed by atoms with E-state index in [2.05, 4.69) is 13.2 Å². The summed E-state index contributed by atoms with van der Waals surface area (Å²) >= 11 is 0. The van der Waals surface area contributed by atoms with Crippen molar-refractivity contribution in [1.29, 1.82) is 0 Å². The minimum atomic E-state index is 0.750. The molecule has 1 nitrogen and oxygen atoms in total. The van der Waals surface area contributed by atoms with E-state index in [1.165, 1.54) is 0 Å². The molecule has 0 aliphatic rings. The first-order chi connectivity index (χ1) is 2.41. The Balaban J connectivity index is 0. The molecule has 0 unspecified atom stereocenters. The lowest BCUT2D eigenvalue weighted by Gasteiger charge is -1.53. The molecule has 2 N–H and O–H groups in total. The SMILES string of the molecule is C=C.CCN. The summed E-state index contributed by atoms with van der Waals surface area (Å²) in [4.78, 5) is 0. The molecule has 0 atom stereocenters. The van der Waals surface area contributed by atoms with Gasteiger partial charge in [-0.2, -0.15) is 0 Å². The maximum Gasteiger partial charge on any atom is -0.0106 e. The molecule has 0 fully saturated rings. The Morgan fingerprint density at radius 3 is 1.60 bits per heavy atom. The maximum absolute atomic E-state index is 4.85. The first-order valence-electron chi connectivity index (χ1n) is 1.62. The third kappa shape index (κ3) is 119. The van der Waals surface area contributed by atoms with Gasteiger partial charge in [0.2, 0.25) is 0 Å². The molecule has 0 heterocycles. The lowest BCUT2D eigenvalue weighted by atomic mass is 10.8. The van der Waals surface area contributed by atoms with Crippen LogP contribution in [0.25, 0.3) is 0 Å². The van der Waals surface area contributed by atoms with E-state index in [0.29, 0.717) is 0 Å². The lowest BCUT2D eigenvalue weighted by Crippen LogP contribution is -1.87. The minimum Gasteiger partial charge on any atom is -0.331 e. The fraction of sp³-hybridized carbons (Fsp3) is 0.500. The third-order valence-electron chi connectivity index (χ3n) is 0. The minimum absolute atomic E-state index is 0.750. The highest BCUT2D eigenvalue weighted by molar-refractivity contribution is 4.22. The van der Waals surface area contributed by atoms with Gasteiger partial charge in [-0.3, -0.25) is 0 Å². The van der Waals surface area contributed by atoms with Gasteiger partial charge in [0.05, 0.1) is 0 Å². The highest BCUT2D eigenvalue weighted by Gasteiger charge is 1.32. The molecule has 0 bridgehead atoms. The van der Waals surface area contributed by atoms with E-state index in [0.717, 1.165) is 6.54 Å². The van der Waals surface area contributed by atoms with Crippen LogP contribution in [0.3, 0.4) is 0 Å². The van der Waals surface area contributed by atoms with Gasteiger partial charge < -0.3 is 5.73 Å². The summed E-state index contributed by atoms with van der Waals surface area (Å²) in [7, 11) is 0. The quantitative estimate of drug-likeness (QED) is 0.421. The Hall–Kier alpha value is -0.300. The molecule has 32 valence electrons. The number of nitrogens with two attached hydrogens (primary N) is 1. The van der Waals surface area contributed by atoms with Gasteiger partial charge in [0.1, 0.15) is 0 Å². The molecule has 0 rings (SSSR count). The van der Waals surface area contributed by atoms with Crippen LogP contribution >= 0.6 is 0 Å². The zero-order valence-electron chi connectivity index (χ0n) is 3.70. The summed E-state index contributed by atoms with van der Waals surface area (Å²) in [5, 5.41) is 0. The van der Waals surface area contributed by atoms with Crippen LogP contribution in [-0.4, -0.2) is 6.54 Å². The van der Waals surface area contributed by atoms with Crippen molar-refractivity contribution in [2.45, 2.75) is 6.92 Å². The normalized spacial score (nSPS) is 4.40. The molecule has 0 aliphatic heterocycles. The van der Waals surface area contributed by atoms with Gasteiger partial charge in [-0.05, 0) is 6.54 Å². The Kier molecular flexibility index (Phi) is 97.2. The largest absolute Gasteiger partial charge is 0.331 e. The lowest BCUT2D eigenvalue weighted by molar-refractivity contribution is 1.14. The van der Waals surface area contributed by atoms with Crippen molar-refractivity contribution in [2.75, 3.05) is 6.54 Å². The highest BCUT2D eigenvalue weighted by Crippen LogP contribution is 1.20. The Bertz CT molecular complexity index is 7.61. The van der Waals surface area contributed by atoms with Crippen molar-refractivity contribution in [3.05, 3.63) is 13.2 Å². The summed E-state index contributed by atoms with van der Waals surface area (Å²) in [5.41, 5.74) is 4.85. The molecule has 0 aromatic heterocycles. The van der Waals surface area contributed by atoms with Crippen LogP contribution in [0.2, 0.25) is 0 Å². The van der Waals surface area contributed by atoms with Crippen LogP contribution in [-0.2, 0) is 0 Å². The molecule has 0 spiro atoms. The van der Waals surface area contributed by atoms with E-state index in [9.17, 15) is 0 Å². The van der Waals surface area contributed by atoms with Gasteiger partial charge in [0, 0.05) is 0 Å². The zero-order valence-corrected chi connectivity index (χ0v) is 3.70. The van der Waals surface area contributed by atoms with Crippen LogP contribution < -0.4 is 5.73 Å². The molecule has 0 saturated carbocycles. The van der Waals surface area contributed by atoms with Crippen molar-refractivity contribution in [2.24, 2.45) is 5.73 Å². The van der Waals surface area contributed by atoms with Gasteiger partial charge in [0.25, 0.3) is 0 Å². The fourth-order valence-corrected chi connectivity index (χ4v) is 0. The van der Waals surface area contributed by atoms with E-state index >= 15 is 0 Å². The van der Waals surface area contributed by atoms with Crippen molar-refractivity contribution < 1.29 is 0 Å². The fourth-order valence-electron chi connectivity index (χ4n) is 0. The van der Waals surface area contributed by atoms with Crippen molar-refractivity contribution in [1.82, 2.24) is 0 Å². The molecule has 0 amide bonds. The molecule has 0 aromatic carbocycles. The molecule has 0 aromatic rings. The summed E-state index contributed by atoms with van der Waals surface area (Å²) in [6, 6.07) is 0. The molecular weight excluding hydrogens is 62.1 g/mol. The predicted octanol–water partition coefficient (Wildman–Crippen LogP) is 0.767. The standard InChI is InChI=1S/C2H7N.C2H4/c1-2-3;1-2/h2-3H2,1H3;1-2H2. The van der Waals surface area contributed by atoms with Crippen LogP contribution in [0.5, 0.6) is 0 Å². The zero-order chi connectivity index (χ0) is 4.71. The number of hydrogen-bond acceptors (Lipinski definition) is 1. The Labute approximate surface area is 33.5 Å². The van der Waals surface area contributed by atoms with E-state index < -0.39 is 0 Å². The average molecular weight is 73.1 g/mol. The van der Waals surface area contributed by atoms with Crippen molar-refractivity contribution in [3.63, 3.8) is 0 Å². The van der Waals surface area contributed by atoms with Gasteiger partial charge in [-0.1, -0.05) is 6.92 Å². The smallest absolute Gasteiger partial charge is 0.0106 e. The summed E-state index contributed by atoms with van der Waals surface area (Å²) < 4.78 is 0. The molecule has 5 heavy (non-hydrogen) atoms. The first-order valence-corrected chi connectivity index (χ1v) is 1.62. The van der Waals surface area contributed by atoms with Crippen LogP contribution in [0, 0.1) is 0 Å². The van der Waals surface area contributed by atoms with Crippen LogP contribution in [0.1, 0.15) is 6.92 Å². The molecule has 0 radical (unpaired) electrons. The Morgan fingerprint density at radius 1 is 1.60 bits per heavy atom.